The third-order valence-corrected chi connectivity index (χ3v) is 3.00. The number of benzene rings is 1. The van der Waals surface area contributed by atoms with Crippen LogP contribution in [-0.2, 0) is 4.74 Å². The van der Waals surface area contributed by atoms with Crippen molar-refractivity contribution in [3.63, 3.8) is 0 Å². The number of rotatable bonds is 4. The van der Waals surface area contributed by atoms with Crippen molar-refractivity contribution in [3.8, 4) is 11.8 Å². The third-order valence-electron chi connectivity index (χ3n) is 3.00. The normalized spacial score (nSPS) is 11.8. The Balaban J connectivity index is 2.62. The van der Waals surface area contributed by atoms with Crippen molar-refractivity contribution in [2.45, 2.75) is 13.0 Å². The van der Waals surface area contributed by atoms with Gasteiger partial charge in [0.25, 0.3) is 0 Å². The monoisotopic (exact) mass is 271 g/mol. The number of hydrogen-bond donors (Lipinski definition) is 1. The van der Waals surface area contributed by atoms with Crippen LogP contribution in [0.3, 0.4) is 0 Å². The number of aromatic nitrogens is 2. The molecule has 1 aromatic carbocycles. The van der Waals surface area contributed by atoms with Gasteiger partial charge in [-0.2, -0.15) is 10.4 Å². The molecule has 0 aliphatic rings. The molecule has 0 amide bonds. The number of carboxylic acids is 1. The van der Waals surface area contributed by atoms with Crippen LogP contribution in [0.25, 0.3) is 5.69 Å². The smallest absolute Gasteiger partial charge is 0.339 e. The summed E-state index contributed by atoms with van der Waals surface area (Å²) < 4.78 is 6.70. The van der Waals surface area contributed by atoms with Crippen LogP contribution in [0.15, 0.2) is 30.5 Å². The Morgan fingerprint density at radius 3 is 2.90 bits per heavy atom. The van der Waals surface area contributed by atoms with Gasteiger partial charge in [0, 0.05) is 7.11 Å². The topological polar surface area (TPSA) is 88.1 Å². The maximum Gasteiger partial charge on any atom is 0.339 e. The molecule has 20 heavy (non-hydrogen) atoms. The molecule has 2 rings (SSSR count). The Morgan fingerprint density at radius 1 is 1.55 bits per heavy atom. The second-order valence-corrected chi connectivity index (χ2v) is 4.20. The average Bonchev–Trinajstić information content (AvgIpc) is 2.91. The maximum absolute atomic E-state index is 11.2. The number of carbonyl (C=O) groups is 1. The van der Waals surface area contributed by atoms with E-state index in [1.165, 1.54) is 18.0 Å². The largest absolute Gasteiger partial charge is 0.478 e. The van der Waals surface area contributed by atoms with Crippen LogP contribution in [0.5, 0.6) is 0 Å². The van der Waals surface area contributed by atoms with Gasteiger partial charge in [-0.3, -0.25) is 0 Å². The first-order chi connectivity index (χ1) is 9.58. The summed E-state index contributed by atoms with van der Waals surface area (Å²) in [5, 5.41) is 22.2. The molecule has 1 N–H and O–H groups in total. The predicted molar refractivity (Wildman–Crippen MR) is 70.7 cm³/mol. The first-order valence-corrected chi connectivity index (χ1v) is 5.93. The zero-order valence-electron chi connectivity index (χ0n) is 11.1. The average molecular weight is 271 g/mol. The Hall–Kier alpha value is -2.65. The van der Waals surface area contributed by atoms with Gasteiger partial charge in [0.05, 0.1) is 35.3 Å². The Bertz CT molecular complexity index is 685. The van der Waals surface area contributed by atoms with E-state index < -0.39 is 12.1 Å². The Kier molecular flexibility index (Phi) is 3.82. The number of aromatic carboxylic acids is 1. The van der Waals surface area contributed by atoms with Crippen LogP contribution >= 0.6 is 0 Å². The second kappa shape index (κ2) is 5.55. The first kappa shape index (κ1) is 13.8. The number of carboxylic acid groups (broad SMARTS) is 1. The fourth-order valence-corrected chi connectivity index (χ4v) is 1.94. The highest BCUT2D eigenvalue weighted by atomic mass is 16.5. The summed E-state index contributed by atoms with van der Waals surface area (Å²) in [5.74, 6) is -1.06. The Labute approximate surface area is 115 Å². The van der Waals surface area contributed by atoms with Gasteiger partial charge in [0.15, 0.2) is 0 Å². The first-order valence-electron chi connectivity index (χ1n) is 5.93. The molecule has 1 heterocycles. The van der Waals surface area contributed by atoms with Gasteiger partial charge in [-0.1, -0.05) is 6.07 Å². The minimum absolute atomic E-state index is 0.0849. The third kappa shape index (κ3) is 2.39. The molecular formula is C14H13N3O3. The van der Waals surface area contributed by atoms with Crippen molar-refractivity contribution < 1.29 is 14.6 Å². The molecule has 0 saturated carbocycles. The maximum atomic E-state index is 11.2. The molecule has 0 spiro atoms. The summed E-state index contributed by atoms with van der Waals surface area (Å²) in [6.07, 6.45) is 0.848. The van der Waals surface area contributed by atoms with E-state index >= 15 is 0 Å². The quantitative estimate of drug-likeness (QED) is 0.920. The molecule has 1 aromatic heterocycles. The van der Waals surface area contributed by atoms with E-state index in [9.17, 15) is 9.90 Å². The molecule has 1 atom stereocenters. The highest BCUT2D eigenvalue weighted by molar-refractivity contribution is 5.89. The van der Waals surface area contributed by atoms with E-state index in [-0.39, 0.29) is 5.56 Å². The lowest BCUT2D eigenvalue weighted by Crippen LogP contribution is -2.11. The van der Waals surface area contributed by atoms with E-state index in [0.717, 1.165) is 0 Å². The van der Waals surface area contributed by atoms with Crippen molar-refractivity contribution in [1.82, 2.24) is 9.78 Å². The molecule has 0 unspecified atom stereocenters. The highest BCUT2D eigenvalue weighted by Gasteiger charge is 2.22. The zero-order chi connectivity index (χ0) is 14.7. The summed E-state index contributed by atoms with van der Waals surface area (Å²) >= 11 is 0. The van der Waals surface area contributed by atoms with Gasteiger partial charge in [0.2, 0.25) is 0 Å². The van der Waals surface area contributed by atoms with Crippen molar-refractivity contribution >= 4 is 5.97 Å². The summed E-state index contributed by atoms with van der Waals surface area (Å²) in [7, 11) is 1.50. The summed E-state index contributed by atoms with van der Waals surface area (Å²) in [6, 6.07) is 8.83. The summed E-state index contributed by atoms with van der Waals surface area (Å²) in [4.78, 5) is 11.2. The van der Waals surface area contributed by atoms with Crippen LogP contribution in [0.1, 0.15) is 34.6 Å². The minimum Gasteiger partial charge on any atom is -0.478 e. The predicted octanol–water partition coefficient (Wildman–Crippen LogP) is 2.15. The molecule has 0 radical (unpaired) electrons. The second-order valence-electron chi connectivity index (χ2n) is 4.20. The number of hydrogen-bond acceptors (Lipinski definition) is 4. The Morgan fingerprint density at radius 2 is 2.30 bits per heavy atom. The molecule has 6 nitrogen and oxygen atoms in total. The van der Waals surface area contributed by atoms with Gasteiger partial charge >= 0.3 is 5.97 Å². The van der Waals surface area contributed by atoms with Crippen LogP contribution in [0, 0.1) is 11.3 Å². The SMILES string of the molecule is CO[C@@H](C)c1c(C(=O)O)cnn1-c1cccc(C#N)c1. The lowest BCUT2D eigenvalue weighted by molar-refractivity contribution is 0.0681. The molecular weight excluding hydrogens is 258 g/mol. The fourth-order valence-electron chi connectivity index (χ4n) is 1.94. The van der Waals surface area contributed by atoms with Gasteiger partial charge in [0.1, 0.15) is 5.56 Å². The lowest BCUT2D eigenvalue weighted by atomic mass is 10.1. The minimum atomic E-state index is -1.06. The van der Waals surface area contributed by atoms with Crippen molar-refractivity contribution in [2.24, 2.45) is 0 Å². The molecule has 0 bridgehead atoms. The number of ether oxygens (including phenoxy) is 1. The van der Waals surface area contributed by atoms with E-state index in [4.69, 9.17) is 10.00 Å². The lowest BCUT2D eigenvalue weighted by Gasteiger charge is -2.14. The molecule has 102 valence electrons. The van der Waals surface area contributed by atoms with E-state index in [1.807, 2.05) is 6.07 Å². The van der Waals surface area contributed by atoms with E-state index in [2.05, 4.69) is 5.10 Å². The van der Waals surface area contributed by atoms with Gasteiger partial charge in [-0.05, 0) is 25.1 Å². The van der Waals surface area contributed by atoms with Crippen molar-refractivity contribution in [3.05, 3.63) is 47.3 Å². The molecule has 0 fully saturated rings. The molecule has 0 aliphatic heterocycles. The number of methoxy groups -OCH3 is 1. The number of nitriles is 1. The van der Waals surface area contributed by atoms with Gasteiger partial charge in [-0.15, -0.1) is 0 Å². The molecule has 0 saturated heterocycles. The summed E-state index contributed by atoms with van der Waals surface area (Å²) in [6.45, 7) is 1.74. The van der Waals surface area contributed by atoms with Crippen LogP contribution < -0.4 is 0 Å². The highest BCUT2D eigenvalue weighted by Crippen LogP contribution is 2.24. The van der Waals surface area contributed by atoms with E-state index in [0.29, 0.717) is 16.9 Å². The van der Waals surface area contributed by atoms with Crippen molar-refractivity contribution in [2.75, 3.05) is 7.11 Å². The van der Waals surface area contributed by atoms with Crippen LogP contribution in [-0.4, -0.2) is 28.0 Å². The molecule has 0 aliphatic carbocycles. The number of nitrogens with zero attached hydrogens (tertiary/aromatic N) is 3. The standard InChI is InChI=1S/C14H13N3O3/c1-9(20-2)13-12(14(18)19)8-16-17(13)11-5-3-4-10(6-11)7-15/h3-6,8-9H,1-2H3,(H,18,19)/t9-/m0/s1. The zero-order valence-corrected chi connectivity index (χ0v) is 11.1. The van der Waals surface area contributed by atoms with Crippen LogP contribution in [0.2, 0.25) is 0 Å². The van der Waals surface area contributed by atoms with Crippen molar-refractivity contribution in [1.29, 1.82) is 5.26 Å². The fraction of sp³-hybridized carbons (Fsp3) is 0.214. The molecule has 6 heteroatoms. The van der Waals surface area contributed by atoms with E-state index in [1.54, 1.807) is 31.2 Å². The summed E-state index contributed by atoms with van der Waals surface area (Å²) in [5.41, 5.74) is 1.62. The van der Waals surface area contributed by atoms with Gasteiger partial charge < -0.3 is 9.84 Å². The van der Waals surface area contributed by atoms with Crippen LogP contribution in [0.4, 0.5) is 0 Å². The van der Waals surface area contributed by atoms with Gasteiger partial charge in [-0.25, -0.2) is 9.48 Å². The molecule has 2 aromatic rings.